The number of carboxylic acid groups (broad SMARTS) is 1. The monoisotopic (exact) mass is 802 g/mol. The molecule has 0 heterocycles. The lowest BCUT2D eigenvalue weighted by molar-refractivity contribution is -0.889. The van der Waals surface area contributed by atoms with Gasteiger partial charge in [0.15, 0.2) is 6.10 Å². The largest absolute Gasteiger partial charge is 0.544 e. The molecule has 0 aromatic rings. The number of nitrogens with zero attached hydrogens (tertiary/aromatic N) is 1. The zero-order valence-electron chi connectivity index (χ0n) is 37.5. The van der Waals surface area contributed by atoms with Crippen molar-refractivity contribution < 1.29 is 38.2 Å². The van der Waals surface area contributed by atoms with Crippen LogP contribution in [-0.2, 0) is 28.6 Å². The third-order valence-corrected chi connectivity index (χ3v) is 10.2. The molecule has 0 N–H and O–H groups in total. The van der Waals surface area contributed by atoms with E-state index in [1.807, 2.05) is 0 Å². The molecule has 0 saturated carbocycles. The van der Waals surface area contributed by atoms with Gasteiger partial charge < -0.3 is 28.6 Å². The summed E-state index contributed by atoms with van der Waals surface area (Å²) in [5.74, 6) is -1.77. The third-order valence-electron chi connectivity index (χ3n) is 10.2. The van der Waals surface area contributed by atoms with Gasteiger partial charge in [0.25, 0.3) is 0 Å². The molecule has 0 aromatic heterocycles. The standard InChI is InChI=1S/C49H87NO7/c1-6-8-10-12-14-16-18-20-22-23-24-26-28-30-32-34-36-38-40-48(52)57-45(43-55-42-41-46(49(53)54)50(3,4)5)44-56-47(51)39-37-35-33-31-29-27-25-21-19-17-15-13-11-9-7-2/h15,17,19,21-24,26,45-46H,6-14,16,18,20,25,27-44H2,1-5H3/b17-15+,21-19+,23-22+,26-24+. The molecule has 0 aliphatic heterocycles. The van der Waals surface area contributed by atoms with Gasteiger partial charge in [-0.3, -0.25) is 9.59 Å². The molecular formula is C49H87NO7. The van der Waals surface area contributed by atoms with Gasteiger partial charge in [-0.15, -0.1) is 0 Å². The molecule has 0 fully saturated rings. The summed E-state index contributed by atoms with van der Waals surface area (Å²) in [6.07, 6.45) is 47.0. The summed E-state index contributed by atoms with van der Waals surface area (Å²) >= 11 is 0. The number of esters is 2. The van der Waals surface area contributed by atoms with E-state index < -0.39 is 18.1 Å². The van der Waals surface area contributed by atoms with Gasteiger partial charge in [0.05, 0.1) is 40.3 Å². The van der Waals surface area contributed by atoms with E-state index in [0.717, 1.165) is 77.0 Å². The Morgan fingerprint density at radius 2 is 0.912 bits per heavy atom. The summed E-state index contributed by atoms with van der Waals surface area (Å²) in [6.45, 7) is 4.60. The molecule has 0 bridgehead atoms. The first-order valence-electron chi connectivity index (χ1n) is 23.2. The normalized spacial score (nSPS) is 13.4. The Balaban J connectivity index is 4.37. The summed E-state index contributed by atoms with van der Waals surface area (Å²) in [4.78, 5) is 36.9. The van der Waals surface area contributed by atoms with Gasteiger partial charge in [0, 0.05) is 19.3 Å². The van der Waals surface area contributed by atoms with Crippen LogP contribution in [0.4, 0.5) is 0 Å². The van der Waals surface area contributed by atoms with Crippen LogP contribution in [0.15, 0.2) is 48.6 Å². The number of unbranched alkanes of at least 4 members (excludes halogenated alkanes) is 21. The van der Waals surface area contributed by atoms with E-state index in [-0.39, 0.29) is 42.7 Å². The minimum absolute atomic E-state index is 0.0300. The number of carbonyl (C=O) groups is 3. The van der Waals surface area contributed by atoms with Crippen molar-refractivity contribution in [3.8, 4) is 0 Å². The van der Waals surface area contributed by atoms with Crippen LogP contribution >= 0.6 is 0 Å². The number of aliphatic carboxylic acids is 1. The minimum atomic E-state index is -1.13. The second-order valence-corrected chi connectivity index (χ2v) is 16.7. The predicted octanol–water partition coefficient (Wildman–Crippen LogP) is 11.5. The molecule has 0 spiro atoms. The maximum Gasteiger partial charge on any atom is 0.306 e. The molecule has 57 heavy (non-hydrogen) atoms. The van der Waals surface area contributed by atoms with Gasteiger partial charge in [-0.1, -0.05) is 159 Å². The molecule has 2 unspecified atom stereocenters. The Bertz CT molecular complexity index is 1070. The summed E-state index contributed by atoms with van der Waals surface area (Å²) < 4.78 is 17.2. The fourth-order valence-electron chi connectivity index (χ4n) is 6.58. The lowest BCUT2D eigenvalue weighted by Gasteiger charge is -2.34. The fourth-order valence-corrected chi connectivity index (χ4v) is 6.58. The van der Waals surface area contributed by atoms with Crippen molar-refractivity contribution in [1.29, 1.82) is 0 Å². The Hall–Kier alpha value is -2.71. The SMILES string of the molecule is CCCCC/C=C/C=C/CCCCCCCCC(=O)OCC(COCCC(C(=O)[O-])[N+](C)(C)C)OC(=O)CCCCCCC/C=C/C=C/CCCCCCCCC. The second kappa shape index (κ2) is 40.1. The van der Waals surface area contributed by atoms with E-state index in [9.17, 15) is 19.5 Å². The van der Waals surface area contributed by atoms with E-state index in [2.05, 4.69) is 62.5 Å². The van der Waals surface area contributed by atoms with Crippen LogP contribution in [0.1, 0.15) is 194 Å². The molecule has 0 aromatic carbocycles. The number of hydrogen-bond donors (Lipinski definition) is 0. The number of carbonyl (C=O) groups excluding carboxylic acids is 3. The van der Waals surface area contributed by atoms with Gasteiger partial charge in [-0.05, 0) is 64.2 Å². The van der Waals surface area contributed by atoms with Crippen LogP contribution in [-0.4, -0.2) is 75.5 Å². The fraction of sp³-hybridized carbons (Fsp3) is 0.776. The van der Waals surface area contributed by atoms with E-state index >= 15 is 0 Å². The smallest absolute Gasteiger partial charge is 0.306 e. The van der Waals surface area contributed by atoms with Crippen LogP contribution in [0.5, 0.6) is 0 Å². The first kappa shape index (κ1) is 54.3. The number of likely N-dealkylation sites (N-methyl/N-ethyl adjacent to an activating group) is 1. The Kier molecular flexibility index (Phi) is 38.2. The topological polar surface area (TPSA) is 102 Å². The lowest BCUT2D eigenvalue weighted by atomic mass is 10.1. The predicted molar refractivity (Wildman–Crippen MR) is 236 cm³/mol. The number of ether oxygens (including phenoxy) is 3. The van der Waals surface area contributed by atoms with Crippen molar-refractivity contribution in [1.82, 2.24) is 0 Å². The Labute approximate surface area is 350 Å². The number of rotatable bonds is 41. The van der Waals surface area contributed by atoms with Crippen molar-refractivity contribution in [3.63, 3.8) is 0 Å². The van der Waals surface area contributed by atoms with Crippen LogP contribution in [0.25, 0.3) is 0 Å². The van der Waals surface area contributed by atoms with Gasteiger partial charge in [0.2, 0.25) is 0 Å². The highest BCUT2D eigenvalue weighted by atomic mass is 16.6. The minimum Gasteiger partial charge on any atom is -0.544 e. The molecule has 0 aliphatic rings. The van der Waals surface area contributed by atoms with E-state index in [0.29, 0.717) is 12.8 Å². The summed E-state index contributed by atoms with van der Waals surface area (Å²) in [5, 5.41) is 11.6. The number of allylic oxidation sites excluding steroid dienone is 8. The molecule has 0 aliphatic carbocycles. The zero-order valence-corrected chi connectivity index (χ0v) is 37.5. The van der Waals surface area contributed by atoms with Gasteiger partial charge in [-0.25, -0.2) is 0 Å². The second-order valence-electron chi connectivity index (χ2n) is 16.7. The molecule has 0 radical (unpaired) electrons. The highest BCUT2D eigenvalue weighted by Gasteiger charge is 2.25. The summed E-state index contributed by atoms with van der Waals surface area (Å²) in [5.41, 5.74) is 0. The van der Waals surface area contributed by atoms with Gasteiger partial charge in [-0.2, -0.15) is 0 Å². The number of carboxylic acids is 1. The average Bonchev–Trinajstić information content (AvgIpc) is 3.17. The Morgan fingerprint density at radius 1 is 0.526 bits per heavy atom. The van der Waals surface area contributed by atoms with E-state index in [4.69, 9.17) is 14.2 Å². The average molecular weight is 802 g/mol. The third kappa shape index (κ3) is 38.6. The van der Waals surface area contributed by atoms with Gasteiger partial charge in [0.1, 0.15) is 12.6 Å². The van der Waals surface area contributed by atoms with Crippen molar-refractivity contribution >= 4 is 17.9 Å². The van der Waals surface area contributed by atoms with Crippen molar-refractivity contribution in [2.45, 2.75) is 206 Å². The van der Waals surface area contributed by atoms with Crippen LogP contribution < -0.4 is 5.11 Å². The molecule has 0 rings (SSSR count). The van der Waals surface area contributed by atoms with Gasteiger partial charge >= 0.3 is 11.9 Å². The molecule has 330 valence electrons. The van der Waals surface area contributed by atoms with Crippen molar-refractivity contribution in [2.75, 3.05) is 41.0 Å². The van der Waals surface area contributed by atoms with E-state index in [1.54, 1.807) is 21.1 Å². The van der Waals surface area contributed by atoms with E-state index in [1.165, 1.54) is 83.5 Å². The first-order chi connectivity index (χ1) is 27.6. The highest BCUT2D eigenvalue weighted by molar-refractivity contribution is 5.70. The lowest BCUT2D eigenvalue weighted by Crippen LogP contribution is -2.55. The number of quaternary nitrogens is 1. The van der Waals surface area contributed by atoms with Crippen LogP contribution in [0.2, 0.25) is 0 Å². The highest BCUT2D eigenvalue weighted by Crippen LogP contribution is 2.13. The van der Waals surface area contributed by atoms with Crippen LogP contribution in [0, 0.1) is 0 Å². The summed E-state index contributed by atoms with van der Waals surface area (Å²) in [7, 11) is 5.40. The first-order valence-corrected chi connectivity index (χ1v) is 23.2. The Morgan fingerprint density at radius 3 is 1.35 bits per heavy atom. The summed E-state index contributed by atoms with van der Waals surface area (Å²) in [6, 6.07) is -0.731. The van der Waals surface area contributed by atoms with Crippen molar-refractivity contribution in [3.05, 3.63) is 48.6 Å². The zero-order chi connectivity index (χ0) is 42.1. The van der Waals surface area contributed by atoms with Crippen molar-refractivity contribution in [2.24, 2.45) is 0 Å². The molecule has 2 atom stereocenters. The molecule has 8 nitrogen and oxygen atoms in total. The maximum absolute atomic E-state index is 12.7. The number of hydrogen-bond acceptors (Lipinski definition) is 7. The molecular weight excluding hydrogens is 715 g/mol. The quantitative estimate of drug-likeness (QED) is 0.0262. The maximum atomic E-state index is 12.7. The molecule has 0 saturated heterocycles. The molecule has 0 amide bonds. The van der Waals surface area contributed by atoms with Crippen LogP contribution in [0.3, 0.4) is 0 Å². The molecule has 8 heteroatoms.